The number of carbonyl (C=O) groups excluding carboxylic acids is 1. The number of amides is 2. The van der Waals surface area contributed by atoms with E-state index in [-0.39, 0.29) is 6.03 Å². The van der Waals surface area contributed by atoms with Gasteiger partial charge in [0.15, 0.2) is 5.58 Å². The number of nitrogens with zero attached hydrogens (tertiary/aromatic N) is 1. The molecule has 128 valence electrons. The van der Waals surface area contributed by atoms with Gasteiger partial charge in [-0.25, -0.2) is 9.78 Å². The molecule has 0 radical (unpaired) electrons. The van der Waals surface area contributed by atoms with Gasteiger partial charge in [-0.1, -0.05) is 35.9 Å². The quantitative estimate of drug-likeness (QED) is 0.484. The zero-order chi connectivity index (χ0) is 17.9. The molecular formula is C20H14ClN3O2. The van der Waals surface area contributed by atoms with Crippen LogP contribution in [0.4, 0.5) is 16.2 Å². The van der Waals surface area contributed by atoms with E-state index in [0.717, 1.165) is 16.7 Å². The number of nitrogens with one attached hydrogen (secondary N) is 2. The van der Waals surface area contributed by atoms with Gasteiger partial charge >= 0.3 is 6.03 Å². The van der Waals surface area contributed by atoms with Crippen LogP contribution in [0, 0.1) is 0 Å². The summed E-state index contributed by atoms with van der Waals surface area (Å²) in [6.07, 6.45) is 0. The molecule has 2 N–H and O–H groups in total. The van der Waals surface area contributed by atoms with Crippen molar-refractivity contribution in [2.24, 2.45) is 0 Å². The zero-order valence-corrected chi connectivity index (χ0v) is 14.3. The number of halogens is 1. The molecule has 0 fully saturated rings. The number of rotatable bonds is 3. The number of aromatic nitrogens is 1. The maximum Gasteiger partial charge on any atom is 0.323 e. The fourth-order valence-electron chi connectivity index (χ4n) is 2.59. The Bertz CT molecular complexity index is 1060. The lowest BCUT2D eigenvalue weighted by Gasteiger charge is -2.08. The molecule has 1 heterocycles. The maximum atomic E-state index is 12.2. The molecule has 0 aliphatic carbocycles. The highest BCUT2D eigenvalue weighted by atomic mass is 35.5. The summed E-state index contributed by atoms with van der Waals surface area (Å²) in [7, 11) is 0. The fourth-order valence-corrected chi connectivity index (χ4v) is 2.78. The van der Waals surface area contributed by atoms with Gasteiger partial charge in [0.25, 0.3) is 0 Å². The third-order valence-electron chi connectivity index (χ3n) is 3.74. The first-order valence-corrected chi connectivity index (χ1v) is 8.35. The van der Waals surface area contributed by atoms with E-state index in [1.807, 2.05) is 42.5 Å². The van der Waals surface area contributed by atoms with Crippen LogP contribution in [0.15, 0.2) is 77.2 Å². The van der Waals surface area contributed by atoms with Crippen LogP contribution in [-0.2, 0) is 0 Å². The molecule has 0 atom stereocenters. The predicted octanol–water partition coefficient (Wildman–Crippen LogP) is 5.79. The zero-order valence-electron chi connectivity index (χ0n) is 13.6. The van der Waals surface area contributed by atoms with Crippen molar-refractivity contribution in [1.82, 2.24) is 4.98 Å². The number of hydrogen-bond donors (Lipinski definition) is 2. The minimum atomic E-state index is -0.359. The van der Waals surface area contributed by atoms with Crippen LogP contribution in [0.2, 0.25) is 5.02 Å². The van der Waals surface area contributed by atoms with Crippen LogP contribution in [0.1, 0.15) is 0 Å². The summed E-state index contributed by atoms with van der Waals surface area (Å²) >= 11 is 5.92. The first-order valence-electron chi connectivity index (χ1n) is 7.97. The molecule has 3 aromatic carbocycles. The fraction of sp³-hybridized carbons (Fsp3) is 0. The number of anilines is 2. The number of carbonyl (C=O) groups is 1. The summed E-state index contributed by atoms with van der Waals surface area (Å²) in [5, 5.41) is 6.09. The van der Waals surface area contributed by atoms with Crippen molar-refractivity contribution in [2.75, 3.05) is 10.6 Å². The Morgan fingerprint density at radius 2 is 1.62 bits per heavy atom. The highest BCUT2D eigenvalue weighted by Gasteiger charge is 2.09. The Hall–Kier alpha value is -3.31. The van der Waals surface area contributed by atoms with E-state index >= 15 is 0 Å². The van der Waals surface area contributed by atoms with Gasteiger partial charge in [-0.15, -0.1) is 0 Å². The van der Waals surface area contributed by atoms with Crippen LogP contribution in [0.3, 0.4) is 0 Å². The highest BCUT2D eigenvalue weighted by Crippen LogP contribution is 2.26. The topological polar surface area (TPSA) is 67.2 Å². The first-order chi connectivity index (χ1) is 12.7. The van der Waals surface area contributed by atoms with Crippen molar-refractivity contribution < 1.29 is 9.21 Å². The van der Waals surface area contributed by atoms with Gasteiger partial charge in [-0.2, -0.15) is 0 Å². The molecule has 1 aromatic heterocycles. The number of hydrogen-bond acceptors (Lipinski definition) is 3. The van der Waals surface area contributed by atoms with Crippen molar-refractivity contribution in [3.63, 3.8) is 0 Å². The molecular weight excluding hydrogens is 350 g/mol. The average molecular weight is 364 g/mol. The molecule has 4 aromatic rings. The number of benzene rings is 3. The van der Waals surface area contributed by atoms with E-state index in [9.17, 15) is 4.79 Å². The second-order valence-corrected chi connectivity index (χ2v) is 6.09. The number of urea groups is 1. The highest BCUT2D eigenvalue weighted by molar-refractivity contribution is 6.30. The number of oxazole rings is 1. The number of para-hydroxylation sites is 2. The van der Waals surface area contributed by atoms with Crippen LogP contribution in [0.25, 0.3) is 22.6 Å². The predicted molar refractivity (Wildman–Crippen MR) is 104 cm³/mol. The molecule has 0 saturated heterocycles. The van der Waals surface area contributed by atoms with Crippen LogP contribution < -0.4 is 10.6 Å². The third kappa shape index (κ3) is 3.53. The summed E-state index contributed by atoms with van der Waals surface area (Å²) in [6, 6.07) is 21.5. The summed E-state index contributed by atoms with van der Waals surface area (Å²) in [4.78, 5) is 16.6. The minimum absolute atomic E-state index is 0.359. The van der Waals surface area contributed by atoms with Gasteiger partial charge in [0, 0.05) is 22.0 Å². The average Bonchev–Trinajstić information content (AvgIpc) is 3.06. The Balaban J connectivity index is 1.53. The lowest BCUT2D eigenvalue weighted by Crippen LogP contribution is -2.19. The molecule has 6 heteroatoms. The summed E-state index contributed by atoms with van der Waals surface area (Å²) < 4.78 is 5.77. The molecule has 0 aliphatic rings. The molecule has 5 nitrogen and oxygen atoms in total. The standard InChI is InChI=1S/C20H14ClN3O2/c21-14-6-4-8-16(12-14)23-20(25)22-15-7-3-5-13(11-15)19-24-17-9-1-2-10-18(17)26-19/h1-12H,(H2,22,23,25). The van der Waals surface area contributed by atoms with E-state index < -0.39 is 0 Å². The Labute approximate surface area is 154 Å². The molecule has 4 rings (SSSR count). The summed E-state index contributed by atoms with van der Waals surface area (Å²) in [5.41, 5.74) is 3.54. The summed E-state index contributed by atoms with van der Waals surface area (Å²) in [6.45, 7) is 0. The van der Waals surface area contributed by atoms with Gasteiger partial charge in [0.05, 0.1) is 0 Å². The third-order valence-corrected chi connectivity index (χ3v) is 3.98. The molecule has 0 saturated carbocycles. The first kappa shape index (κ1) is 16.2. The molecule has 0 unspecified atom stereocenters. The minimum Gasteiger partial charge on any atom is -0.436 e. The van der Waals surface area contributed by atoms with Gasteiger partial charge in [0.1, 0.15) is 5.52 Å². The van der Waals surface area contributed by atoms with Crippen molar-refractivity contribution >= 4 is 40.1 Å². The lowest BCUT2D eigenvalue weighted by molar-refractivity contribution is 0.262. The summed E-state index contributed by atoms with van der Waals surface area (Å²) in [5.74, 6) is 0.505. The molecule has 26 heavy (non-hydrogen) atoms. The second-order valence-electron chi connectivity index (χ2n) is 5.66. The van der Waals surface area contributed by atoms with E-state index in [4.69, 9.17) is 16.0 Å². The Kier molecular flexibility index (Phi) is 4.29. The smallest absolute Gasteiger partial charge is 0.323 e. The Morgan fingerprint density at radius 3 is 2.38 bits per heavy atom. The maximum absolute atomic E-state index is 12.2. The monoisotopic (exact) mass is 363 g/mol. The van der Waals surface area contributed by atoms with E-state index in [1.165, 1.54) is 0 Å². The normalized spacial score (nSPS) is 10.7. The number of fused-ring (bicyclic) bond motifs is 1. The van der Waals surface area contributed by atoms with E-state index in [0.29, 0.717) is 22.3 Å². The van der Waals surface area contributed by atoms with Crippen molar-refractivity contribution in [3.8, 4) is 11.5 Å². The largest absolute Gasteiger partial charge is 0.436 e. The van der Waals surface area contributed by atoms with Crippen LogP contribution >= 0.6 is 11.6 Å². The lowest BCUT2D eigenvalue weighted by atomic mass is 10.2. The van der Waals surface area contributed by atoms with Crippen molar-refractivity contribution in [3.05, 3.63) is 77.8 Å². The van der Waals surface area contributed by atoms with Gasteiger partial charge in [-0.3, -0.25) is 0 Å². The van der Waals surface area contributed by atoms with Crippen molar-refractivity contribution in [1.29, 1.82) is 0 Å². The van der Waals surface area contributed by atoms with Crippen molar-refractivity contribution in [2.45, 2.75) is 0 Å². The Morgan fingerprint density at radius 1 is 0.885 bits per heavy atom. The van der Waals surface area contributed by atoms with Crippen LogP contribution in [0.5, 0.6) is 0 Å². The SMILES string of the molecule is O=C(Nc1cccc(Cl)c1)Nc1cccc(-c2nc3ccccc3o2)c1. The van der Waals surface area contributed by atoms with Gasteiger partial charge < -0.3 is 15.1 Å². The molecule has 0 aliphatic heterocycles. The van der Waals surface area contributed by atoms with E-state index in [2.05, 4.69) is 15.6 Å². The second kappa shape index (κ2) is 6.90. The van der Waals surface area contributed by atoms with Crippen LogP contribution in [-0.4, -0.2) is 11.0 Å². The molecule has 2 amide bonds. The molecule has 0 bridgehead atoms. The molecule has 0 spiro atoms. The van der Waals surface area contributed by atoms with Gasteiger partial charge in [0.2, 0.25) is 5.89 Å². The van der Waals surface area contributed by atoms with E-state index in [1.54, 1.807) is 30.3 Å². The van der Waals surface area contributed by atoms with Gasteiger partial charge in [-0.05, 0) is 48.5 Å².